The van der Waals surface area contributed by atoms with Crippen molar-refractivity contribution in [3.05, 3.63) is 29.8 Å². The van der Waals surface area contributed by atoms with Crippen molar-refractivity contribution in [1.82, 2.24) is 4.90 Å². The van der Waals surface area contributed by atoms with Gasteiger partial charge >= 0.3 is 0 Å². The molecule has 2 fully saturated rings. The Kier molecular flexibility index (Phi) is 4.98. The summed E-state index contributed by atoms with van der Waals surface area (Å²) in [6, 6.07) is 7.81. The molecule has 4 heteroatoms. The zero-order valence-corrected chi connectivity index (χ0v) is 13.2. The third-order valence-corrected chi connectivity index (χ3v) is 4.84. The molecule has 1 aromatic carbocycles. The first-order valence-corrected chi connectivity index (χ1v) is 8.44. The van der Waals surface area contributed by atoms with Crippen LogP contribution in [0.15, 0.2) is 24.3 Å². The Balaban J connectivity index is 1.59. The summed E-state index contributed by atoms with van der Waals surface area (Å²) in [5.41, 5.74) is 6.47. The lowest BCUT2D eigenvalue weighted by molar-refractivity contribution is -0.134. The number of nitrogens with zero attached hydrogens (tertiary/aromatic N) is 1. The largest absolute Gasteiger partial charge is 0.492 e. The van der Waals surface area contributed by atoms with Crippen LogP contribution in [0.4, 0.5) is 0 Å². The number of benzene rings is 1. The highest BCUT2D eigenvalue weighted by Gasteiger charge is 2.32. The minimum Gasteiger partial charge on any atom is -0.492 e. The molecule has 2 N–H and O–H groups in total. The molecule has 3 rings (SSSR count). The molecular weight excluding hydrogens is 276 g/mol. The van der Waals surface area contributed by atoms with E-state index < -0.39 is 0 Å². The number of carbonyl (C=O) groups excluding carboxylic acids is 1. The van der Waals surface area contributed by atoms with Crippen LogP contribution in [0.3, 0.4) is 0 Å². The van der Waals surface area contributed by atoms with Crippen LogP contribution in [0, 0.1) is 11.8 Å². The summed E-state index contributed by atoms with van der Waals surface area (Å²) in [5.74, 6) is 2.52. The number of fused-ring (bicyclic) bond motifs is 2. The van der Waals surface area contributed by atoms with Gasteiger partial charge in [0.1, 0.15) is 12.4 Å². The van der Waals surface area contributed by atoms with Gasteiger partial charge in [-0.2, -0.15) is 0 Å². The summed E-state index contributed by atoms with van der Waals surface area (Å²) in [4.78, 5) is 14.7. The van der Waals surface area contributed by atoms with Crippen LogP contribution in [-0.2, 0) is 11.2 Å². The lowest BCUT2D eigenvalue weighted by Crippen LogP contribution is -2.46. The number of likely N-dealkylation sites (tertiary alicyclic amines) is 1. The summed E-state index contributed by atoms with van der Waals surface area (Å²) in [6.45, 7) is 2.92. The third kappa shape index (κ3) is 3.80. The van der Waals surface area contributed by atoms with E-state index in [0.29, 0.717) is 19.6 Å². The Hall–Kier alpha value is -1.55. The minimum atomic E-state index is 0.257. The van der Waals surface area contributed by atoms with E-state index in [1.165, 1.54) is 25.7 Å². The van der Waals surface area contributed by atoms with Crippen LogP contribution in [0.1, 0.15) is 31.2 Å². The van der Waals surface area contributed by atoms with E-state index in [-0.39, 0.29) is 5.91 Å². The molecule has 1 aromatic rings. The van der Waals surface area contributed by atoms with E-state index in [1.807, 2.05) is 24.3 Å². The average molecular weight is 302 g/mol. The Morgan fingerprint density at radius 1 is 1.27 bits per heavy atom. The fourth-order valence-electron chi connectivity index (χ4n) is 3.84. The van der Waals surface area contributed by atoms with Crippen LogP contribution < -0.4 is 10.5 Å². The van der Waals surface area contributed by atoms with Gasteiger partial charge in [0.25, 0.3) is 0 Å². The monoisotopic (exact) mass is 302 g/mol. The molecule has 2 aliphatic rings. The smallest absolute Gasteiger partial charge is 0.227 e. The minimum absolute atomic E-state index is 0.257. The van der Waals surface area contributed by atoms with E-state index in [0.717, 1.165) is 36.2 Å². The lowest BCUT2D eigenvalue weighted by atomic mass is 9.78. The summed E-state index contributed by atoms with van der Waals surface area (Å²) in [7, 11) is 0. The number of rotatable bonds is 5. The van der Waals surface area contributed by atoms with Gasteiger partial charge in [-0.25, -0.2) is 0 Å². The van der Waals surface area contributed by atoms with Crippen molar-refractivity contribution in [1.29, 1.82) is 0 Å². The summed E-state index contributed by atoms with van der Waals surface area (Å²) in [5, 5.41) is 0. The second-order valence-corrected chi connectivity index (χ2v) is 6.66. The first kappa shape index (κ1) is 15.3. The molecule has 1 saturated carbocycles. The fraction of sp³-hybridized carbons (Fsp3) is 0.611. The van der Waals surface area contributed by atoms with Gasteiger partial charge < -0.3 is 15.4 Å². The molecule has 0 spiro atoms. The topological polar surface area (TPSA) is 55.6 Å². The number of amides is 1. The SMILES string of the molecule is NCCOc1cccc(CC(=O)N2CC3CCCC(C3)C2)c1. The van der Waals surface area contributed by atoms with Gasteiger partial charge in [-0.1, -0.05) is 18.6 Å². The van der Waals surface area contributed by atoms with Crippen molar-refractivity contribution in [3.63, 3.8) is 0 Å². The highest BCUT2D eigenvalue weighted by molar-refractivity contribution is 5.79. The van der Waals surface area contributed by atoms with Crippen LogP contribution in [0.5, 0.6) is 5.75 Å². The molecule has 1 aliphatic heterocycles. The van der Waals surface area contributed by atoms with Crippen LogP contribution >= 0.6 is 0 Å². The first-order chi connectivity index (χ1) is 10.7. The molecule has 2 atom stereocenters. The zero-order valence-electron chi connectivity index (χ0n) is 13.2. The molecule has 1 saturated heterocycles. The Morgan fingerprint density at radius 3 is 2.77 bits per heavy atom. The van der Waals surface area contributed by atoms with Gasteiger partial charge in [-0.3, -0.25) is 4.79 Å². The summed E-state index contributed by atoms with van der Waals surface area (Å²) >= 11 is 0. The summed E-state index contributed by atoms with van der Waals surface area (Å²) < 4.78 is 5.53. The van der Waals surface area contributed by atoms with Gasteiger partial charge in [0, 0.05) is 19.6 Å². The number of nitrogens with two attached hydrogens (primary N) is 1. The predicted octanol–water partition coefficient (Wildman–Crippen LogP) is 2.22. The molecule has 2 bridgehead atoms. The van der Waals surface area contributed by atoms with Crippen LogP contribution in [-0.4, -0.2) is 37.0 Å². The third-order valence-electron chi connectivity index (χ3n) is 4.84. The van der Waals surface area contributed by atoms with E-state index >= 15 is 0 Å². The molecule has 22 heavy (non-hydrogen) atoms. The molecule has 1 aliphatic carbocycles. The highest BCUT2D eigenvalue weighted by atomic mass is 16.5. The van der Waals surface area contributed by atoms with Gasteiger partial charge in [-0.15, -0.1) is 0 Å². The number of hydrogen-bond acceptors (Lipinski definition) is 3. The first-order valence-electron chi connectivity index (χ1n) is 8.44. The van der Waals surface area contributed by atoms with Crippen molar-refractivity contribution in [2.45, 2.75) is 32.1 Å². The molecule has 120 valence electrons. The molecule has 4 nitrogen and oxygen atoms in total. The lowest BCUT2D eigenvalue weighted by Gasteiger charge is -2.41. The van der Waals surface area contributed by atoms with Crippen LogP contribution in [0.2, 0.25) is 0 Å². The van der Waals surface area contributed by atoms with Gasteiger partial charge in [0.15, 0.2) is 0 Å². The maximum atomic E-state index is 12.6. The molecular formula is C18H26N2O2. The zero-order chi connectivity index (χ0) is 15.4. The number of hydrogen-bond donors (Lipinski definition) is 1. The Bertz CT molecular complexity index is 506. The maximum Gasteiger partial charge on any atom is 0.227 e. The van der Waals surface area contributed by atoms with Crippen molar-refractivity contribution >= 4 is 5.91 Å². The number of piperidine rings is 1. The Labute approximate surface area is 132 Å². The predicted molar refractivity (Wildman–Crippen MR) is 86.7 cm³/mol. The molecule has 2 unspecified atom stereocenters. The van der Waals surface area contributed by atoms with Gasteiger partial charge in [0.2, 0.25) is 5.91 Å². The van der Waals surface area contributed by atoms with Crippen molar-refractivity contribution in [2.75, 3.05) is 26.2 Å². The maximum absolute atomic E-state index is 12.6. The van der Waals surface area contributed by atoms with E-state index in [4.69, 9.17) is 10.5 Å². The molecule has 1 amide bonds. The van der Waals surface area contributed by atoms with Crippen molar-refractivity contribution in [3.8, 4) is 5.75 Å². The molecule has 0 aromatic heterocycles. The summed E-state index contributed by atoms with van der Waals surface area (Å²) in [6.07, 6.45) is 5.73. The van der Waals surface area contributed by atoms with E-state index in [2.05, 4.69) is 4.90 Å². The van der Waals surface area contributed by atoms with E-state index in [1.54, 1.807) is 0 Å². The van der Waals surface area contributed by atoms with Crippen molar-refractivity contribution in [2.24, 2.45) is 17.6 Å². The normalized spacial score (nSPS) is 24.1. The number of carbonyl (C=O) groups is 1. The Morgan fingerprint density at radius 2 is 2.05 bits per heavy atom. The van der Waals surface area contributed by atoms with Crippen molar-refractivity contribution < 1.29 is 9.53 Å². The second-order valence-electron chi connectivity index (χ2n) is 6.66. The number of ether oxygens (including phenoxy) is 1. The molecule has 0 radical (unpaired) electrons. The highest BCUT2D eigenvalue weighted by Crippen LogP contribution is 2.34. The quantitative estimate of drug-likeness (QED) is 0.907. The average Bonchev–Trinajstić information content (AvgIpc) is 2.53. The molecule has 1 heterocycles. The standard InChI is InChI=1S/C18H26N2O2/c19-7-8-22-17-6-2-3-14(10-17)11-18(21)20-12-15-4-1-5-16(9-15)13-20/h2-3,6,10,15-16H,1,4-5,7-9,11-13,19H2. The fourth-order valence-corrected chi connectivity index (χ4v) is 3.84. The van der Waals surface area contributed by atoms with Gasteiger partial charge in [-0.05, 0) is 48.8 Å². The van der Waals surface area contributed by atoms with Gasteiger partial charge in [0.05, 0.1) is 6.42 Å². The second kappa shape index (κ2) is 7.14. The van der Waals surface area contributed by atoms with Crippen LogP contribution in [0.25, 0.3) is 0 Å². The van der Waals surface area contributed by atoms with E-state index in [9.17, 15) is 4.79 Å².